The minimum Gasteiger partial charge on any atom is -0.294 e. The lowest BCUT2D eigenvalue weighted by Crippen LogP contribution is -2.29. The van der Waals surface area contributed by atoms with E-state index in [1.54, 1.807) is 32.9 Å². The third-order valence-electron chi connectivity index (χ3n) is 2.42. The number of sulfone groups is 1. The van der Waals surface area contributed by atoms with Crippen molar-refractivity contribution in [1.82, 2.24) is 0 Å². The van der Waals surface area contributed by atoms with Gasteiger partial charge in [-0.25, -0.2) is 8.42 Å². The number of benzene rings is 1. The van der Waals surface area contributed by atoms with E-state index in [2.05, 4.69) is 15.9 Å². The molecular weight excluding hydrogens is 304 g/mol. The predicted octanol–water partition coefficient (Wildman–Crippen LogP) is 3.22. The van der Waals surface area contributed by atoms with E-state index in [1.807, 2.05) is 0 Å². The Morgan fingerprint density at radius 2 is 1.76 bits per heavy atom. The molecule has 0 N–H and O–H groups in total. The topological polar surface area (TPSA) is 51.2 Å². The molecule has 0 aliphatic carbocycles. The van der Waals surface area contributed by atoms with Crippen molar-refractivity contribution in [3.05, 3.63) is 28.2 Å². The average molecular weight is 319 g/mol. The van der Waals surface area contributed by atoms with Crippen LogP contribution in [-0.4, -0.2) is 18.9 Å². The van der Waals surface area contributed by atoms with Crippen LogP contribution in [0.3, 0.4) is 0 Å². The summed E-state index contributed by atoms with van der Waals surface area (Å²) < 4.78 is 24.4. The van der Waals surface area contributed by atoms with Crippen LogP contribution in [0.4, 0.5) is 0 Å². The summed E-state index contributed by atoms with van der Waals surface area (Å²) >= 11 is 3.23. The molecule has 0 radical (unpaired) electrons. The lowest BCUT2D eigenvalue weighted by molar-refractivity contribution is 0.101. The van der Waals surface area contributed by atoms with Crippen LogP contribution in [0.5, 0.6) is 0 Å². The van der Waals surface area contributed by atoms with Crippen molar-refractivity contribution < 1.29 is 13.2 Å². The molecule has 0 aromatic heterocycles. The summed E-state index contributed by atoms with van der Waals surface area (Å²) in [4.78, 5) is 11.6. The first kappa shape index (κ1) is 14.4. The van der Waals surface area contributed by atoms with E-state index in [1.165, 1.54) is 13.0 Å². The molecule has 94 valence electrons. The highest BCUT2D eigenvalue weighted by Crippen LogP contribution is 2.29. The van der Waals surface area contributed by atoms with Crippen LogP contribution in [-0.2, 0) is 9.84 Å². The molecule has 0 aliphatic rings. The third kappa shape index (κ3) is 2.77. The summed E-state index contributed by atoms with van der Waals surface area (Å²) in [6.07, 6.45) is 0. The molecule has 0 saturated carbocycles. The van der Waals surface area contributed by atoms with E-state index in [0.29, 0.717) is 4.47 Å². The maximum Gasteiger partial charge on any atom is 0.183 e. The van der Waals surface area contributed by atoms with Crippen LogP contribution in [0.25, 0.3) is 0 Å². The number of hydrogen-bond donors (Lipinski definition) is 0. The van der Waals surface area contributed by atoms with Crippen molar-refractivity contribution >= 4 is 31.6 Å². The Hall–Kier alpha value is -0.680. The van der Waals surface area contributed by atoms with E-state index < -0.39 is 14.6 Å². The molecule has 5 heteroatoms. The van der Waals surface area contributed by atoms with Gasteiger partial charge in [0.05, 0.1) is 9.64 Å². The third-order valence-corrected chi connectivity index (χ3v) is 5.46. The zero-order valence-electron chi connectivity index (χ0n) is 10.2. The molecule has 17 heavy (non-hydrogen) atoms. The van der Waals surface area contributed by atoms with Crippen LogP contribution in [0.1, 0.15) is 38.1 Å². The van der Waals surface area contributed by atoms with Crippen LogP contribution < -0.4 is 0 Å². The second kappa shape index (κ2) is 4.53. The number of rotatable bonds is 2. The Morgan fingerprint density at radius 3 is 2.18 bits per heavy atom. The van der Waals surface area contributed by atoms with Gasteiger partial charge >= 0.3 is 0 Å². The fourth-order valence-corrected chi connectivity index (χ4v) is 3.10. The molecule has 0 aliphatic heterocycles. The van der Waals surface area contributed by atoms with Gasteiger partial charge in [0.25, 0.3) is 0 Å². The quantitative estimate of drug-likeness (QED) is 0.787. The fraction of sp³-hybridized carbons (Fsp3) is 0.417. The van der Waals surface area contributed by atoms with E-state index in [-0.39, 0.29) is 16.2 Å². The van der Waals surface area contributed by atoms with E-state index >= 15 is 0 Å². The minimum absolute atomic E-state index is 0.0979. The fourth-order valence-electron chi connectivity index (χ4n) is 1.34. The molecule has 0 amide bonds. The highest BCUT2D eigenvalue weighted by molar-refractivity contribution is 9.10. The Bertz CT molecular complexity index is 554. The molecule has 1 aromatic carbocycles. The molecule has 0 heterocycles. The van der Waals surface area contributed by atoms with Gasteiger partial charge in [-0.2, -0.15) is 0 Å². The number of carbonyl (C=O) groups is 1. The molecule has 3 nitrogen and oxygen atoms in total. The van der Waals surface area contributed by atoms with Gasteiger partial charge in [-0.05, 0) is 45.9 Å². The average Bonchev–Trinajstić information content (AvgIpc) is 2.15. The highest BCUT2D eigenvalue weighted by atomic mass is 79.9. The van der Waals surface area contributed by atoms with Crippen LogP contribution in [0, 0.1) is 0 Å². The molecule has 1 aromatic rings. The van der Waals surface area contributed by atoms with E-state index in [4.69, 9.17) is 0 Å². The van der Waals surface area contributed by atoms with Crippen molar-refractivity contribution in [2.75, 3.05) is 0 Å². The largest absolute Gasteiger partial charge is 0.294 e. The predicted molar refractivity (Wildman–Crippen MR) is 71.1 cm³/mol. The van der Waals surface area contributed by atoms with Gasteiger partial charge in [-0.1, -0.05) is 15.9 Å². The van der Waals surface area contributed by atoms with Crippen molar-refractivity contribution in [2.24, 2.45) is 0 Å². The van der Waals surface area contributed by atoms with Gasteiger partial charge in [-0.15, -0.1) is 0 Å². The second-order valence-corrected chi connectivity index (χ2v) is 8.40. The standard InChI is InChI=1S/C12H15BrO3S/c1-8(14)10-7-9(13)5-6-11(10)17(15,16)12(2,3)4/h5-7H,1-4H3. The molecule has 0 bridgehead atoms. The summed E-state index contributed by atoms with van der Waals surface area (Å²) in [5.74, 6) is -0.255. The first-order valence-electron chi connectivity index (χ1n) is 5.12. The Balaban J connectivity index is 3.59. The van der Waals surface area contributed by atoms with Crippen molar-refractivity contribution in [3.63, 3.8) is 0 Å². The summed E-state index contributed by atoms with van der Waals surface area (Å²) in [5, 5.41) is 0. The molecule has 0 unspecified atom stereocenters. The van der Waals surface area contributed by atoms with Gasteiger partial charge in [0.1, 0.15) is 0 Å². The highest BCUT2D eigenvalue weighted by Gasteiger charge is 2.33. The lowest BCUT2D eigenvalue weighted by Gasteiger charge is -2.20. The summed E-state index contributed by atoms with van der Waals surface area (Å²) in [5.41, 5.74) is 0.231. The molecule has 0 fully saturated rings. The SMILES string of the molecule is CC(=O)c1cc(Br)ccc1S(=O)(=O)C(C)(C)C. The number of halogens is 1. The number of hydrogen-bond acceptors (Lipinski definition) is 3. The minimum atomic E-state index is -3.51. The zero-order valence-corrected chi connectivity index (χ0v) is 12.6. The number of ketones is 1. The van der Waals surface area contributed by atoms with Gasteiger partial charge in [0.15, 0.2) is 15.6 Å². The Labute approximate surface area is 110 Å². The molecule has 0 atom stereocenters. The summed E-state index contributed by atoms with van der Waals surface area (Å²) in [6, 6.07) is 4.65. The molecular formula is C12H15BrO3S. The lowest BCUT2D eigenvalue weighted by atomic mass is 10.1. The van der Waals surface area contributed by atoms with Crippen molar-refractivity contribution in [3.8, 4) is 0 Å². The summed E-state index contributed by atoms with van der Waals surface area (Å²) in [6.45, 7) is 6.22. The molecule has 0 spiro atoms. The van der Waals surface area contributed by atoms with Gasteiger partial charge in [0, 0.05) is 10.0 Å². The van der Waals surface area contributed by atoms with Crippen molar-refractivity contribution in [1.29, 1.82) is 0 Å². The molecule has 0 saturated heterocycles. The Morgan fingerprint density at radius 1 is 1.24 bits per heavy atom. The van der Waals surface area contributed by atoms with Crippen LogP contribution in [0.15, 0.2) is 27.6 Å². The first-order valence-corrected chi connectivity index (χ1v) is 7.40. The van der Waals surface area contributed by atoms with Crippen LogP contribution in [0.2, 0.25) is 0 Å². The smallest absolute Gasteiger partial charge is 0.183 e. The van der Waals surface area contributed by atoms with E-state index in [9.17, 15) is 13.2 Å². The normalized spacial score (nSPS) is 12.5. The van der Waals surface area contributed by atoms with E-state index in [0.717, 1.165) is 0 Å². The number of carbonyl (C=O) groups excluding carboxylic acids is 1. The second-order valence-electron chi connectivity index (χ2n) is 4.81. The zero-order chi connectivity index (χ0) is 13.4. The Kier molecular flexibility index (Phi) is 3.84. The van der Waals surface area contributed by atoms with Crippen molar-refractivity contribution in [2.45, 2.75) is 37.3 Å². The van der Waals surface area contributed by atoms with Crippen LogP contribution >= 0.6 is 15.9 Å². The van der Waals surface area contributed by atoms with Gasteiger partial charge in [0.2, 0.25) is 0 Å². The maximum absolute atomic E-state index is 12.3. The first-order chi connectivity index (χ1) is 7.57. The number of Topliss-reactive ketones (excluding diaryl/α,β-unsaturated/α-hetero) is 1. The monoisotopic (exact) mass is 318 g/mol. The van der Waals surface area contributed by atoms with Gasteiger partial charge < -0.3 is 0 Å². The maximum atomic E-state index is 12.3. The molecule has 1 rings (SSSR count). The summed E-state index contributed by atoms with van der Waals surface area (Å²) in [7, 11) is -3.51. The van der Waals surface area contributed by atoms with Gasteiger partial charge in [-0.3, -0.25) is 4.79 Å².